The van der Waals surface area contributed by atoms with Crippen molar-refractivity contribution in [1.82, 2.24) is 4.90 Å². The molecule has 0 aromatic carbocycles. The van der Waals surface area contributed by atoms with E-state index >= 15 is 0 Å². The van der Waals surface area contributed by atoms with Gasteiger partial charge in [0.1, 0.15) is 5.54 Å². The van der Waals surface area contributed by atoms with Gasteiger partial charge in [0.2, 0.25) is 5.91 Å². The summed E-state index contributed by atoms with van der Waals surface area (Å²) in [6.07, 6.45) is 1.71. The average molecular weight is 321 g/mol. The molecule has 1 aliphatic carbocycles. The van der Waals surface area contributed by atoms with E-state index in [1.807, 2.05) is 25.7 Å². The van der Waals surface area contributed by atoms with Crippen LogP contribution in [0.3, 0.4) is 0 Å². The number of amides is 1. The molecule has 124 valence electrons. The summed E-state index contributed by atoms with van der Waals surface area (Å²) in [6.45, 7) is 8.99. The minimum Gasteiger partial charge on any atom is -0.384 e. The molecule has 0 aromatic heterocycles. The number of hydrogen-bond donors (Lipinski definition) is 1. The second-order valence-electron chi connectivity index (χ2n) is 6.70. The van der Waals surface area contributed by atoms with Gasteiger partial charge in [-0.15, -0.1) is 12.4 Å². The van der Waals surface area contributed by atoms with E-state index in [1.165, 1.54) is 0 Å². The summed E-state index contributed by atoms with van der Waals surface area (Å²) in [5.74, 6) is 0.524. The fourth-order valence-corrected chi connectivity index (χ4v) is 3.47. The summed E-state index contributed by atoms with van der Waals surface area (Å²) < 4.78 is 10.9. The number of nitrogens with zero attached hydrogens (tertiary/aromatic N) is 1. The highest BCUT2D eigenvalue weighted by atomic mass is 35.5. The Morgan fingerprint density at radius 1 is 1.43 bits per heavy atom. The van der Waals surface area contributed by atoms with E-state index in [0.717, 1.165) is 19.5 Å². The molecule has 2 fully saturated rings. The molecule has 6 heteroatoms. The molecule has 1 saturated carbocycles. The molecule has 1 heterocycles. The van der Waals surface area contributed by atoms with Crippen LogP contribution in [0.2, 0.25) is 0 Å². The Morgan fingerprint density at radius 3 is 2.62 bits per heavy atom. The van der Waals surface area contributed by atoms with Crippen LogP contribution in [0.4, 0.5) is 0 Å². The van der Waals surface area contributed by atoms with E-state index < -0.39 is 5.54 Å². The van der Waals surface area contributed by atoms with Gasteiger partial charge in [0.05, 0.1) is 12.7 Å². The topological polar surface area (TPSA) is 64.8 Å². The first-order valence-electron chi connectivity index (χ1n) is 7.55. The Bertz CT molecular complexity index is 378. The maximum Gasteiger partial charge on any atom is 0.243 e. The van der Waals surface area contributed by atoms with Gasteiger partial charge < -0.3 is 20.1 Å². The average Bonchev–Trinajstić information content (AvgIpc) is 2.86. The lowest BCUT2D eigenvalue weighted by atomic mass is 9.54. The summed E-state index contributed by atoms with van der Waals surface area (Å²) in [5.41, 5.74) is 5.35. The number of carbonyl (C=O) groups excluding carboxylic acids is 1. The Balaban J connectivity index is 0.00000220. The van der Waals surface area contributed by atoms with Crippen LogP contribution in [0.25, 0.3) is 0 Å². The number of methoxy groups -OCH3 is 1. The number of rotatable bonds is 5. The molecule has 0 spiro atoms. The van der Waals surface area contributed by atoms with E-state index in [9.17, 15) is 4.79 Å². The van der Waals surface area contributed by atoms with E-state index in [-0.39, 0.29) is 29.8 Å². The second kappa shape index (κ2) is 6.82. The fraction of sp³-hybridized carbons (Fsp3) is 0.933. The van der Waals surface area contributed by atoms with Crippen molar-refractivity contribution in [2.75, 3.05) is 33.4 Å². The third-order valence-electron chi connectivity index (χ3n) is 5.19. The number of hydrogen-bond acceptors (Lipinski definition) is 4. The normalized spacial score (nSPS) is 34.2. The van der Waals surface area contributed by atoms with Gasteiger partial charge in [0, 0.05) is 44.6 Å². The van der Waals surface area contributed by atoms with Crippen molar-refractivity contribution < 1.29 is 14.3 Å². The lowest BCUT2D eigenvalue weighted by Crippen LogP contribution is -2.75. The molecule has 0 radical (unpaired) electrons. The van der Waals surface area contributed by atoms with Crippen LogP contribution in [0.15, 0.2) is 0 Å². The smallest absolute Gasteiger partial charge is 0.243 e. The molecular formula is C15H29ClN2O3. The van der Waals surface area contributed by atoms with Gasteiger partial charge in [-0.3, -0.25) is 4.79 Å². The second-order valence-corrected chi connectivity index (χ2v) is 6.70. The third-order valence-corrected chi connectivity index (χ3v) is 5.19. The van der Waals surface area contributed by atoms with Gasteiger partial charge in [-0.1, -0.05) is 13.8 Å². The molecule has 2 rings (SSSR count). The highest BCUT2D eigenvalue weighted by molar-refractivity contribution is 5.89. The summed E-state index contributed by atoms with van der Waals surface area (Å²) in [5, 5.41) is 0. The Morgan fingerprint density at radius 2 is 2.10 bits per heavy atom. The highest BCUT2D eigenvalue weighted by Crippen LogP contribution is 2.50. The highest BCUT2D eigenvalue weighted by Gasteiger charge is 2.64. The van der Waals surface area contributed by atoms with E-state index in [1.54, 1.807) is 7.11 Å². The summed E-state index contributed by atoms with van der Waals surface area (Å²) >= 11 is 0. The zero-order chi connectivity index (χ0) is 15.0. The van der Waals surface area contributed by atoms with Crippen LogP contribution < -0.4 is 5.73 Å². The van der Waals surface area contributed by atoms with Crippen LogP contribution in [0.1, 0.15) is 33.6 Å². The summed E-state index contributed by atoms with van der Waals surface area (Å²) in [6, 6.07) is 0. The zero-order valence-corrected chi connectivity index (χ0v) is 14.4. The van der Waals surface area contributed by atoms with Crippen molar-refractivity contribution in [3.05, 3.63) is 0 Å². The lowest BCUT2D eigenvalue weighted by Gasteiger charge is -2.58. The zero-order valence-electron chi connectivity index (χ0n) is 13.6. The van der Waals surface area contributed by atoms with Crippen molar-refractivity contribution in [3.8, 4) is 0 Å². The quantitative estimate of drug-likeness (QED) is 0.832. The van der Waals surface area contributed by atoms with Crippen molar-refractivity contribution >= 4 is 18.3 Å². The number of carbonyl (C=O) groups is 1. The molecule has 2 N–H and O–H groups in total. The first-order valence-corrected chi connectivity index (χ1v) is 7.55. The van der Waals surface area contributed by atoms with E-state index in [4.69, 9.17) is 15.2 Å². The summed E-state index contributed by atoms with van der Waals surface area (Å²) in [4.78, 5) is 14.7. The van der Waals surface area contributed by atoms with Crippen molar-refractivity contribution in [2.24, 2.45) is 17.1 Å². The monoisotopic (exact) mass is 320 g/mol. The van der Waals surface area contributed by atoms with Crippen molar-refractivity contribution in [2.45, 2.75) is 45.3 Å². The predicted octanol–water partition coefficient (Wildman–Crippen LogP) is 1.44. The minimum atomic E-state index is -0.783. The Hall–Kier alpha value is -0.360. The maximum atomic E-state index is 12.8. The van der Waals surface area contributed by atoms with E-state index in [2.05, 4.69) is 0 Å². The molecule has 3 atom stereocenters. The van der Waals surface area contributed by atoms with Gasteiger partial charge >= 0.3 is 0 Å². The van der Waals surface area contributed by atoms with Gasteiger partial charge in [-0.05, 0) is 13.3 Å². The maximum absolute atomic E-state index is 12.8. The molecule has 0 bridgehead atoms. The first kappa shape index (κ1) is 18.7. The summed E-state index contributed by atoms with van der Waals surface area (Å²) in [7, 11) is 1.70. The molecule has 1 saturated heterocycles. The van der Waals surface area contributed by atoms with Crippen LogP contribution in [-0.4, -0.2) is 55.9 Å². The number of ether oxygens (including phenoxy) is 2. The molecule has 5 nitrogen and oxygen atoms in total. The predicted molar refractivity (Wildman–Crippen MR) is 84.5 cm³/mol. The number of nitrogens with two attached hydrogens (primary N) is 1. The van der Waals surface area contributed by atoms with Crippen LogP contribution in [0.5, 0.6) is 0 Å². The third kappa shape index (κ3) is 3.07. The van der Waals surface area contributed by atoms with Crippen LogP contribution in [-0.2, 0) is 14.3 Å². The molecule has 0 aromatic rings. The number of halogens is 1. The van der Waals surface area contributed by atoms with Gasteiger partial charge in [-0.2, -0.15) is 0 Å². The minimum absolute atomic E-state index is 0. The largest absolute Gasteiger partial charge is 0.384 e. The lowest BCUT2D eigenvalue weighted by molar-refractivity contribution is -0.178. The Kier molecular flexibility index (Phi) is 6.07. The number of likely N-dealkylation sites (tertiary alicyclic amines) is 1. The van der Waals surface area contributed by atoms with Crippen LogP contribution >= 0.6 is 12.4 Å². The van der Waals surface area contributed by atoms with Gasteiger partial charge in [0.15, 0.2) is 0 Å². The first-order chi connectivity index (χ1) is 9.36. The van der Waals surface area contributed by atoms with Crippen LogP contribution in [0, 0.1) is 11.3 Å². The molecule has 1 aliphatic heterocycles. The molecule has 2 aliphatic rings. The SMILES string of the molecule is CCOC1CC(N)(C(=O)N2CCC(COC)C2)C1(C)C.Cl. The van der Waals surface area contributed by atoms with Crippen molar-refractivity contribution in [3.63, 3.8) is 0 Å². The van der Waals surface area contributed by atoms with Gasteiger partial charge in [0.25, 0.3) is 0 Å². The molecule has 21 heavy (non-hydrogen) atoms. The molecule has 3 unspecified atom stereocenters. The molecule has 1 amide bonds. The van der Waals surface area contributed by atoms with E-state index in [0.29, 0.717) is 25.6 Å². The standard InChI is InChI=1S/C15H28N2O3.ClH/c1-5-20-12-8-15(16,14(12,2)3)13(18)17-7-6-11(9-17)10-19-4;/h11-12H,5-10,16H2,1-4H3;1H. The fourth-order valence-electron chi connectivity index (χ4n) is 3.47. The van der Waals surface area contributed by atoms with Crippen molar-refractivity contribution in [1.29, 1.82) is 0 Å². The van der Waals surface area contributed by atoms with Gasteiger partial charge in [-0.25, -0.2) is 0 Å². The molecular weight excluding hydrogens is 292 g/mol. The Labute approximate surface area is 133 Å².